The van der Waals surface area contributed by atoms with E-state index in [0.29, 0.717) is 45.9 Å². The van der Waals surface area contributed by atoms with Crippen molar-refractivity contribution in [1.82, 2.24) is 19.9 Å². The largest absolute Gasteiger partial charge is 0.444 e. The number of carbonyl (C=O) groups is 1. The Kier molecular flexibility index (Phi) is 8.06. The molecule has 3 heterocycles. The van der Waals surface area contributed by atoms with Gasteiger partial charge in [0.25, 0.3) is 0 Å². The van der Waals surface area contributed by atoms with Crippen molar-refractivity contribution in [1.29, 1.82) is 0 Å². The number of ether oxygens (including phenoxy) is 1. The summed E-state index contributed by atoms with van der Waals surface area (Å²) in [4.78, 5) is 28.7. The molecule has 1 aliphatic heterocycles. The van der Waals surface area contributed by atoms with Gasteiger partial charge < -0.3 is 20.1 Å². The molecule has 10 heteroatoms. The predicted octanol–water partition coefficient (Wildman–Crippen LogP) is 6.80. The van der Waals surface area contributed by atoms with Crippen LogP contribution in [0.4, 0.5) is 15.1 Å². The zero-order valence-corrected chi connectivity index (χ0v) is 24.4. The summed E-state index contributed by atoms with van der Waals surface area (Å²) in [6, 6.07) is 18.1. The lowest BCUT2D eigenvalue weighted by atomic mass is 9.92. The lowest BCUT2D eigenvalue weighted by molar-refractivity contribution is -0.0357. The number of carbonyl (C=O) groups excluding carboxylic acids is 1. The molecule has 1 fully saturated rings. The molecule has 1 amide bonds. The van der Waals surface area contributed by atoms with E-state index in [1.807, 2.05) is 58.0 Å². The van der Waals surface area contributed by atoms with Crippen LogP contribution in [0.1, 0.15) is 57.1 Å². The van der Waals surface area contributed by atoms with E-state index in [0.717, 1.165) is 5.56 Å². The number of anilines is 1. The first kappa shape index (κ1) is 28.6. The molecule has 41 heavy (non-hydrogen) atoms. The van der Waals surface area contributed by atoms with Crippen LogP contribution in [0.3, 0.4) is 0 Å². The molecule has 2 aromatic heterocycles. The zero-order chi connectivity index (χ0) is 29.2. The van der Waals surface area contributed by atoms with Crippen LogP contribution < -0.4 is 5.32 Å². The van der Waals surface area contributed by atoms with Crippen LogP contribution in [0, 0.1) is 5.82 Å². The molecular weight excluding hydrogens is 541 g/mol. The summed E-state index contributed by atoms with van der Waals surface area (Å²) in [6.07, 6.45) is 1.81. The number of thiazole rings is 1. The van der Waals surface area contributed by atoms with Gasteiger partial charge in [-0.3, -0.25) is 0 Å². The molecule has 0 aliphatic carbocycles. The minimum Gasteiger partial charge on any atom is -0.444 e. The van der Waals surface area contributed by atoms with E-state index < -0.39 is 23.1 Å². The second-order valence-electron chi connectivity index (χ2n) is 11.2. The molecule has 0 bridgehead atoms. The highest BCUT2D eigenvalue weighted by Gasteiger charge is 2.40. The highest BCUT2D eigenvalue weighted by Crippen LogP contribution is 2.43. The maximum atomic E-state index is 15.0. The van der Waals surface area contributed by atoms with Crippen molar-refractivity contribution in [3.05, 3.63) is 83.2 Å². The van der Waals surface area contributed by atoms with Crippen LogP contribution >= 0.6 is 11.3 Å². The summed E-state index contributed by atoms with van der Waals surface area (Å²) in [5.41, 5.74) is 0.510. The smallest absolute Gasteiger partial charge is 0.410 e. The van der Waals surface area contributed by atoms with Gasteiger partial charge in [-0.15, -0.1) is 11.3 Å². The summed E-state index contributed by atoms with van der Waals surface area (Å²) in [5, 5.41) is 15.5. The van der Waals surface area contributed by atoms with Crippen LogP contribution in [-0.4, -0.2) is 49.7 Å². The fraction of sp³-hybridized carbons (Fsp3) is 0.355. The lowest BCUT2D eigenvalue weighted by Crippen LogP contribution is -2.46. The Hall–Kier alpha value is -3.89. The van der Waals surface area contributed by atoms with Gasteiger partial charge in [0.2, 0.25) is 5.95 Å². The second-order valence-corrected chi connectivity index (χ2v) is 12.2. The normalized spacial score (nSPS) is 15.8. The Morgan fingerprint density at radius 3 is 2.44 bits per heavy atom. The van der Waals surface area contributed by atoms with Crippen molar-refractivity contribution < 1.29 is 19.0 Å². The molecule has 0 saturated carbocycles. The predicted molar refractivity (Wildman–Crippen MR) is 158 cm³/mol. The van der Waals surface area contributed by atoms with Gasteiger partial charge in [0, 0.05) is 37.7 Å². The second kappa shape index (κ2) is 11.5. The highest BCUT2D eigenvalue weighted by atomic mass is 32.1. The van der Waals surface area contributed by atoms with Crippen molar-refractivity contribution in [2.45, 2.75) is 57.8 Å². The Morgan fingerprint density at radius 2 is 1.76 bits per heavy atom. The standard InChI is InChI=1S/C31H34FN5O3S/c1-20(21-10-6-5-7-11-21)34-28-33-17-14-24(35-28)26-25(22-12-8-9-13-23(22)32)36-27(41-26)31(39)15-18-37(19-16-31)29(38)40-30(2,3)4/h5-14,17,20,39H,15-16,18-19H2,1-4H3,(H,33,34,35). The maximum absolute atomic E-state index is 15.0. The van der Waals surface area contributed by atoms with E-state index >= 15 is 4.39 Å². The fourth-order valence-electron chi connectivity index (χ4n) is 4.70. The summed E-state index contributed by atoms with van der Waals surface area (Å²) >= 11 is 1.28. The monoisotopic (exact) mass is 575 g/mol. The number of halogens is 1. The van der Waals surface area contributed by atoms with Gasteiger partial charge in [0.15, 0.2) is 0 Å². The van der Waals surface area contributed by atoms with Crippen LogP contribution in [0.5, 0.6) is 0 Å². The minimum atomic E-state index is -1.28. The quantitative estimate of drug-likeness (QED) is 0.261. The molecule has 2 aromatic carbocycles. The van der Waals surface area contributed by atoms with Crippen LogP contribution in [0.25, 0.3) is 21.8 Å². The number of nitrogens with zero attached hydrogens (tertiary/aromatic N) is 4. The van der Waals surface area contributed by atoms with E-state index in [1.165, 1.54) is 17.4 Å². The third-order valence-electron chi connectivity index (χ3n) is 6.93. The summed E-state index contributed by atoms with van der Waals surface area (Å²) in [7, 11) is 0. The molecule has 5 rings (SSSR count). The molecule has 214 valence electrons. The highest BCUT2D eigenvalue weighted by molar-refractivity contribution is 7.15. The molecule has 1 aliphatic rings. The van der Waals surface area contributed by atoms with E-state index in [9.17, 15) is 9.90 Å². The summed E-state index contributed by atoms with van der Waals surface area (Å²) in [5.74, 6) is 0.0140. The van der Waals surface area contributed by atoms with Crippen molar-refractivity contribution in [3.63, 3.8) is 0 Å². The number of piperidine rings is 1. The van der Waals surface area contributed by atoms with E-state index in [2.05, 4.69) is 10.3 Å². The van der Waals surface area contributed by atoms with Gasteiger partial charge in [-0.1, -0.05) is 42.5 Å². The Morgan fingerprint density at radius 1 is 1.07 bits per heavy atom. The molecule has 1 saturated heterocycles. The number of hydrogen-bond donors (Lipinski definition) is 2. The first-order valence-electron chi connectivity index (χ1n) is 13.6. The maximum Gasteiger partial charge on any atom is 0.410 e. The first-order valence-corrected chi connectivity index (χ1v) is 14.5. The number of amides is 1. The zero-order valence-electron chi connectivity index (χ0n) is 23.6. The number of likely N-dealkylation sites (tertiary alicyclic amines) is 1. The average molecular weight is 576 g/mol. The molecule has 1 unspecified atom stereocenters. The molecule has 0 spiro atoms. The van der Waals surface area contributed by atoms with E-state index in [1.54, 1.807) is 35.4 Å². The number of nitrogens with one attached hydrogen (secondary N) is 1. The van der Waals surface area contributed by atoms with Crippen LogP contribution in [0.2, 0.25) is 0 Å². The third-order valence-corrected chi connectivity index (χ3v) is 8.20. The summed E-state index contributed by atoms with van der Waals surface area (Å²) < 4.78 is 20.5. The van der Waals surface area contributed by atoms with Gasteiger partial charge in [-0.25, -0.2) is 24.1 Å². The van der Waals surface area contributed by atoms with Gasteiger partial charge in [-0.2, -0.15) is 0 Å². The van der Waals surface area contributed by atoms with Crippen molar-refractivity contribution in [2.75, 3.05) is 18.4 Å². The van der Waals surface area contributed by atoms with Crippen molar-refractivity contribution >= 4 is 23.4 Å². The Labute approximate surface area is 243 Å². The Balaban J connectivity index is 1.46. The van der Waals surface area contributed by atoms with Crippen LogP contribution in [0.15, 0.2) is 66.9 Å². The van der Waals surface area contributed by atoms with Gasteiger partial charge in [-0.05, 0) is 51.5 Å². The van der Waals surface area contributed by atoms with Crippen molar-refractivity contribution in [3.8, 4) is 21.8 Å². The number of rotatable bonds is 6. The molecular formula is C31H34FN5O3S. The summed E-state index contributed by atoms with van der Waals surface area (Å²) in [6.45, 7) is 8.12. The average Bonchev–Trinajstić information content (AvgIpc) is 3.40. The minimum absolute atomic E-state index is 0.0367. The molecule has 8 nitrogen and oxygen atoms in total. The van der Waals surface area contributed by atoms with Crippen molar-refractivity contribution in [2.24, 2.45) is 0 Å². The van der Waals surface area contributed by atoms with Crippen LogP contribution in [-0.2, 0) is 10.3 Å². The topological polar surface area (TPSA) is 100 Å². The number of hydrogen-bond acceptors (Lipinski definition) is 8. The number of aromatic nitrogens is 3. The van der Waals surface area contributed by atoms with E-state index in [-0.39, 0.29) is 18.9 Å². The molecule has 1 atom stereocenters. The SMILES string of the molecule is CC(Nc1nccc(-c2sc(C3(O)CCN(C(=O)OC(C)(C)C)CC3)nc2-c2ccccc2F)n1)c1ccccc1. The Bertz CT molecular complexity index is 1510. The number of benzene rings is 2. The number of aliphatic hydroxyl groups is 1. The lowest BCUT2D eigenvalue weighted by Gasteiger charge is -2.37. The first-order chi connectivity index (χ1) is 19.5. The van der Waals surface area contributed by atoms with Gasteiger partial charge in [0.1, 0.15) is 22.0 Å². The van der Waals surface area contributed by atoms with Gasteiger partial charge in [0.05, 0.1) is 22.3 Å². The molecule has 4 aromatic rings. The fourth-order valence-corrected chi connectivity index (χ4v) is 5.90. The molecule has 2 N–H and O–H groups in total. The van der Waals surface area contributed by atoms with E-state index in [4.69, 9.17) is 14.7 Å². The molecule has 0 radical (unpaired) electrons. The van der Waals surface area contributed by atoms with Gasteiger partial charge >= 0.3 is 6.09 Å². The third kappa shape index (κ3) is 6.55.